The van der Waals surface area contributed by atoms with Crippen LogP contribution in [0.2, 0.25) is 10.0 Å². The first-order valence-electron chi connectivity index (χ1n) is 36.3. The zero-order valence-corrected chi connectivity index (χ0v) is 60.7. The van der Waals surface area contributed by atoms with Crippen molar-refractivity contribution in [2.45, 2.75) is 178 Å². The van der Waals surface area contributed by atoms with Gasteiger partial charge in [0.05, 0.1) is 15.6 Å². The number of unbranched alkanes of at least 4 members (excludes halogenated alkanes) is 14. The number of amides is 7. The molecule has 0 fully saturated rings. The molecule has 7 aromatic rings. The van der Waals surface area contributed by atoms with E-state index in [-0.39, 0.29) is 103 Å². The van der Waals surface area contributed by atoms with Gasteiger partial charge in [0.25, 0.3) is 0 Å². The number of ether oxygens (including phenoxy) is 3. The number of aromatic hydroxyl groups is 6. The molecule has 13 rings (SSSR count). The Bertz CT molecular complexity index is 4500. The largest absolute Gasteiger partial charge is 0.508 e. The number of carbonyl (C=O) groups excluding carboxylic acids is 7. The second kappa shape index (κ2) is 35.3. The zero-order chi connectivity index (χ0) is 76.2. The van der Waals surface area contributed by atoms with Gasteiger partial charge in [0, 0.05) is 36.7 Å². The molecule has 1 unspecified atom stereocenters. The molecular formula is C79H89Cl2N9O17. The van der Waals surface area contributed by atoms with E-state index in [4.69, 9.17) is 43.1 Å². The van der Waals surface area contributed by atoms with Gasteiger partial charge in [-0.15, -0.1) is 0 Å². The van der Waals surface area contributed by atoms with Crippen LogP contribution in [0.4, 0.5) is 0 Å². The fourth-order valence-corrected chi connectivity index (χ4v) is 14.1. The van der Waals surface area contributed by atoms with Crippen molar-refractivity contribution >= 4 is 64.6 Å². The van der Waals surface area contributed by atoms with E-state index < -0.39 is 136 Å². The molecule has 566 valence electrons. The predicted molar refractivity (Wildman–Crippen MR) is 397 cm³/mol. The van der Waals surface area contributed by atoms with Crippen LogP contribution in [-0.2, 0) is 46.5 Å². The van der Waals surface area contributed by atoms with Crippen LogP contribution >= 0.6 is 23.2 Å². The van der Waals surface area contributed by atoms with Crippen LogP contribution in [0, 0.1) is 0 Å². The number of carbonyl (C=O) groups is 7. The Morgan fingerprint density at radius 1 is 0.486 bits per heavy atom. The minimum absolute atomic E-state index is 0.0744. The third-order valence-electron chi connectivity index (χ3n) is 19.6. The normalized spacial score (nSPS) is 19.9. The average molecular weight is 1510 g/mol. The summed E-state index contributed by atoms with van der Waals surface area (Å²) in [5.41, 5.74) is 5.21. The van der Waals surface area contributed by atoms with Crippen molar-refractivity contribution in [2.75, 3.05) is 13.1 Å². The highest BCUT2D eigenvalue weighted by molar-refractivity contribution is 6.32. The molecule has 26 nitrogen and oxygen atoms in total. The van der Waals surface area contributed by atoms with Gasteiger partial charge in [0.1, 0.15) is 88.6 Å². The van der Waals surface area contributed by atoms with Gasteiger partial charge in [0.15, 0.2) is 23.0 Å². The SMILES string of the molecule is CCCCCCCCCCNCc1c(O)cc2c(c1O)-c1cc(ccc1O)[C@@H]1NC(=O)[C@H]3NC(=O)[C@H]4NC(=O)[C@H](Cc5ccc(c(Cl)c5)Oc5cc3cc(c5O)Oc3ccc(cc3Cl)C(O)[C@H](NC1=O)C(=O)N[C@@H]2C(=O)NCCCCCCCCCC)NC(=O)[C@H](N)c1ccc(O)c(c1)Oc1cc(O)cc4c1. The van der Waals surface area contributed by atoms with E-state index >= 15 is 28.8 Å². The van der Waals surface area contributed by atoms with Crippen molar-refractivity contribution in [3.05, 3.63) is 164 Å². The molecule has 8 atom stereocenters. The van der Waals surface area contributed by atoms with Gasteiger partial charge in [-0.25, -0.2) is 0 Å². The Kier molecular flexibility index (Phi) is 25.6. The molecule has 7 aromatic carbocycles. The van der Waals surface area contributed by atoms with E-state index in [1.807, 2.05) is 0 Å². The molecule has 7 amide bonds. The highest BCUT2D eigenvalue weighted by atomic mass is 35.5. The molecule has 0 aromatic heterocycles. The highest BCUT2D eigenvalue weighted by Gasteiger charge is 2.42. The van der Waals surface area contributed by atoms with Crippen molar-refractivity contribution in [1.29, 1.82) is 0 Å². The lowest BCUT2D eigenvalue weighted by Gasteiger charge is -2.32. The fraction of sp³-hybridized carbons (Fsp3) is 0.380. The van der Waals surface area contributed by atoms with Crippen LogP contribution in [0.25, 0.3) is 11.1 Å². The van der Waals surface area contributed by atoms with Crippen LogP contribution in [0.3, 0.4) is 0 Å². The van der Waals surface area contributed by atoms with Gasteiger partial charge >= 0.3 is 0 Å². The number of halogens is 2. The summed E-state index contributed by atoms with van der Waals surface area (Å²) < 4.78 is 18.7. The van der Waals surface area contributed by atoms with Crippen LogP contribution in [0.15, 0.2) is 109 Å². The molecule has 107 heavy (non-hydrogen) atoms. The number of aliphatic hydroxyl groups excluding tert-OH is 1. The van der Waals surface area contributed by atoms with Gasteiger partial charge in [-0.1, -0.05) is 151 Å². The summed E-state index contributed by atoms with van der Waals surface area (Å²) in [7, 11) is 0. The smallest absolute Gasteiger partial charge is 0.248 e. The van der Waals surface area contributed by atoms with E-state index in [0.29, 0.717) is 18.5 Å². The van der Waals surface area contributed by atoms with Crippen LogP contribution in [0.5, 0.6) is 69.0 Å². The lowest BCUT2D eigenvalue weighted by molar-refractivity contribution is -0.137. The first-order chi connectivity index (χ1) is 51.5. The molecule has 0 aliphatic carbocycles. The lowest BCUT2D eigenvalue weighted by atomic mass is 9.87. The molecule has 0 saturated carbocycles. The summed E-state index contributed by atoms with van der Waals surface area (Å²) in [5, 5.41) is 106. The number of rotatable bonds is 21. The molecular weight excluding hydrogens is 1420 g/mol. The van der Waals surface area contributed by atoms with E-state index in [2.05, 4.69) is 56.4 Å². The standard InChI is InChI=1S/C79H89Cl2N9O17/c1-3-5-7-9-11-13-15-17-27-83-40-51-57(94)39-50-63(71(51)96)49-33-43(21-23-55(49)92)65-76(101)90-69(79(104)89-68(50)75(100)84-28-18-16-14-12-10-8-6-4-2)70(95)44-22-26-59(53(81)34-44)107-62-37-46-36-61(72(62)97)106-58-25-19-41(29-52(58)80)30-54-73(98)86-66(77(102)88-67(46)78(103)87-65)45-31-47(91)38-48(32-45)105-60-35-42(20-24-56(60)93)64(82)74(99)85-54/h19-26,29,31-39,54,64-70,83,91-97H,3-18,27-28,30,40,82H2,1-2H3,(H,84,100)(H,85,99)(H,86,98)(H,87,103)(H,88,102)(H,89,104)(H,90,101)/t54-,64+,65-,66-,67-,68-,69-,70?/m0/s1. The summed E-state index contributed by atoms with van der Waals surface area (Å²) in [6.45, 7) is 4.74. The number of fused-ring (bicyclic) bond motifs is 14. The second-order valence-corrected chi connectivity index (χ2v) is 28.3. The minimum atomic E-state index is -2.16. The summed E-state index contributed by atoms with van der Waals surface area (Å²) >= 11 is 14.0. The first kappa shape index (κ1) is 77.6. The summed E-state index contributed by atoms with van der Waals surface area (Å²) in [5.74, 6) is -13.0. The fourth-order valence-electron chi connectivity index (χ4n) is 13.7. The first-order valence-corrected chi connectivity index (χ1v) is 37.0. The number of hydrogen-bond acceptors (Lipinski definition) is 19. The van der Waals surface area contributed by atoms with E-state index in [0.717, 1.165) is 120 Å². The van der Waals surface area contributed by atoms with Gasteiger partial charge in [-0.05, 0) is 137 Å². The van der Waals surface area contributed by atoms with Crippen LogP contribution in [0.1, 0.15) is 197 Å². The van der Waals surface area contributed by atoms with Crippen LogP contribution in [-0.4, -0.2) is 102 Å². The molecule has 17 bridgehead atoms. The number of benzene rings is 7. The third-order valence-corrected chi connectivity index (χ3v) is 20.2. The van der Waals surface area contributed by atoms with Gasteiger partial charge in [-0.3, -0.25) is 33.6 Å². The zero-order valence-electron chi connectivity index (χ0n) is 59.2. The number of phenolic OH excluding ortho intramolecular Hbond substituents is 6. The van der Waals surface area contributed by atoms with E-state index in [1.54, 1.807) is 0 Å². The molecule has 6 heterocycles. The van der Waals surface area contributed by atoms with E-state index in [1.165, 1.54) is 85.3 Å². The number of phenols is 6. The van der Waals surface area contributed by atoms with Crippen LogP contribution < -0.4 is 62.5 Å². The number of aliphatic hydroxyl groups is 1. The lowest BCUT2D eigenvalue weighted by Crippen LogP contribution is -2.56. The van der Waals surface area contributed by atoms with Crippen molar-refractivity contribution in [3.63, 3.8) is 0 Å². The molecule has 17 N–H and O–H groups in total. The Hall–Kier alpha value is -10.5. The van der Waals surface area contributed by atoms with Crippen molar-refractivity contribution in [1.82, 2.24) is 42.5 Å². The summed E-state index contributed by atoms with van der Waals surface area (Å²) in [4.78, 5) is 108. The molecule has 0 radical (unpaired) electrons. The minimum Gasteiger partial charge on any atom is -0.508 e. The Balaban J connectivity index is 1.07. The Labute approximate surface area is 628 Å². The maximum absolute atomic E-state index is 16.2. The maximum atomic E-state index is 16.2. The molecule has 28 heteroatoms. The predicted octanol–water partition coefficient (Wildman–Crippen LogP) is 11.4. The third kappa shape index (κ3) is 18.5. The number of nitrogens with one attached hydrogen (secondary N) is 8. The average Bonchev–Trinajstić information content (AvgIpc) is 0.757. The van der Waals surface area contributed by atoms with Gasteiger partial charge < -0.3 is 98.2 Å². The number of hydrogen-bond donors (Lipinski definition) is 16. The molecule has 0 spiro atoms. The van der Waals surface area contributed by atoms with Gasteiger partial charge in [0.2, 0.25) is 47.1 Å². The van der Waals surface area contributed by atoms with Crippen molar-refractivity contribution in [3.8, 4) is 80.1 Å². The molecule has 0 saturated heterocycles. The molecule has 6 aliphatic rings. The maximum Gasteiger partial charge on any atom is 0.248 e. The highest BCUT2D eigenvalue weighted by Crippen LogP contribution is 2.49. The Morgan fingerprint density at radius 3 is 1.68 bits per heavy atom. The van der Waals surface area contributed by atoms with Crippen molar-refractivity contribution in [2.24, 2.45) is 5.73 Å². The summed E-state index contributed by atoms with van der Waals surface area (Å²) in [6, 6.07) is 9.02. The topological polar surface area (TPSA) is 411 Å². The monoisotopic (exact) mass is 1510 g/mol. The molecule has 6 aliphatic heterocycles. The quantitative estimate of drug-likeness (QED) is 0.0297. The second-order valence-electron chi connectivity index (χ2n) is 27.4. The summed E-state index contributed by atoms with van der Waals surface area (Å²) in [6.07, 6.45) is 13.4. The van der Waals surface area contributed by atoms with Crippen molar-refractivity contribution < 1.29 is 83.5 Å². The van der Waals surface area contributed by atoms with E-state index in [9.17, 15) is 40.5 Å². The number of nitrogens with two attached hydrogens (primary N) is 1. The van der Waals surface area contributed by atoms with Gasteiger partial charge in [-0.2, -0.15) is 0 Å². The Morgan fingerprint density at radius 2 is 1.04 bits per heavy atom.